The summed E-state index contributed by atoms with van der Waals surface area (Å²) in [5.41, 5.74) is 1.72. The molecule has 0 spiro atoms. The van der Waals surface area contributed by atoms with Crippen molar-refractivity contribution in [2.45, 2.75) is 148 Å². The van der Waals surface area contributed by atoms with Crippen LogP contribution in [0, 0.1) is 11.6 Å². The van der Waals surface area contributed by atoms with Gasteiger partial charge in [0, 0.05) is 68.5 Å². The molecule has 7 atom stereocenters. The number of likely N-dealkylation sites (tertiary alicyclic amines) is 2. The second kappa shape index (κ2) is 20.0. The number of methoxy groups -OCH3 is 2. The summed E-state index contributed by atoms with van der Waals surface area (Å²) in [4.78, 5) is 77.9. The van der Waals surface area contributed by atoms with Crippen molar-refractivity contribution in [2.24, 2.45) is 0 Å². The number of aromatic amines is 2. The van der Waals surface area contributed by atoms with E-state index in [0.717, 1.165) is 5.56 Å². The number of halogens is 2. The van der Waals surface area contributed by atoms with Gasteiger partial charge < -0.3 is 54.1 Å². The van der Waals surface area contributed by atoms with E-state index in [9.17, 15) is 28.4 Å². The van der Waals surface area contributed by atoms with Crippen LogP contribution in [0.3, 0.4) is 0 Å². The first kappa shape index (κ1) is 49.7. The average molecular weight is 923 g/mol. The smallest absolute Gasteiger partial charge is 0.408 e. The standard InChI is InChI=1S/C48H64F2N6O10/c1-25(62-10)39(53-45(60)65-47(4,5)6)43(58)55-19-12-13-30(55)23-33-31-16-14-28(49)21-35(31)51-41(33)42-34(32-17-15-29(50)22-36(32)52-42)24-37-38(64-27(3)57)18-20-56(37)44(59)40(26(2)63-11)54-46(61)66-48(7,8)9/h14-17,21-22,25-26,30,37-40,51-52H,12-13,18-20,23-24H2,1-11H3,(H,53,60)(H,54,61)/t25-,26-,30+,37-,38+,39?,40+/m1/s1. The molecule has 0 radical (unpaired) electrons. The van der Waals surface area contributed by atoms with Gasteiger partial charge in [0.15, 0.2) is 0 Å². The third-order valence-electron chi connectivity index (χ3n) is 12.1. The number of carbonyl (C=O) groups is 5. The molecule has 4 N–H and O–H groups in total. The molecule has 1 unspecified atom stereocenters. The van der Waals surface area contributed by atoms with Crippen LogP contribution in [0.1, 0.15) is 92.7 Å². The van der Waals surface area contributed by atoms with Gasteiger partial charge in [-0.1, -0.05) is 0 Å². The second-order valence-electron chi connectivity index (χ2n) is 19.2. The molecule has 4 amide bonds. The molecule has 2 aromatic heterocycles. The zero-order chi connectivity index (χ0) is 48.4. The van der Waals surface area contributed by atoms with Gasteiger partial charge in [-0.2, -0.15) is 0 Å². The Hall–Kier alpha value is -5.75. The number of carbonyl (C=O) groups excluding carboxylic acids is 5. The molecule has 66 heavy (non-hydrogen) atoms. The first-order valence-electron chi connectivity index (χ1n) is 22.4. The molecule has 360 valence electrons. The number of H-pyrrole nitrogens is 2. The Labute approximate surface area is 383 Å². The van der Waals surface area contributed by atoms with Crippen molar-refractivity contribution in [2.75, 3.05) is 27.3 Å². The number of nitrogens with zero attached hydrogens (tertiary/aromatic N) is 2. The highest BCUT2D eigenvalue weighted by atomic mass is 19.1. The van der Waals surface area contributed by atoms with Crippen molar-refractivity contribution < 1.29 is 56.4 Å². The summed E-state index contributed by atoms with van der Waals surface area (Å²) in [7, 11) is 2.88. The van der Waals surface area contributed by atoms with E-state index >= 15 is 4.39 Å². The number of benzene rings is 2. The Morgan fingerprint density at radius 2 is 1.18 bits per heavy atom. The topological polar surface area (TPSA) is 194 Å². The molecule has 2 aromatic carbocycles. The van der Waals surface area contributed by atoms with E-state index in [0.29, 0.717) is 64.6 Å². The number of ether oxygens (including phenoxy) is 5. The molecule has 2 aliphatic rings. The van der Waals surface area contributed by atoms with Crippen LogP contribution in [0.4, 0.5) is 18.4 Å². The van der Waals surface area contributed by atoms with Crippen LogP contribution in [0.15, 0.2) is 36.4 Å². The molecule has 2 saturated heterocycles. The van der Waals surface area contributed by atoms with Crippen molar-refractivity contribution in [3.8, 4) is 11.4 Å². The lowest BCUT2D eigenvalue weighted by atomic mass is 9.94. The number of rotatable bonds is 14. The first-order chi connectivity index (χ1) is 31.0. The van der Waals surface area contributed by atoms with Crippen LogP contribution in [0.2, 0.25) is 0 Å². The maximum atomic E-state index is 15.0. The van der Waals surface area contributed by atoms with E-state index in [-0.39, 0.29) is 31.3 Å². The summed E-state index contributed by atoms with van der Waals surface area (Å²) in [5.74, 6) is -2.37. The van der Waals surface area contributed by atoms with Crippen LogP contribution in [-0.4, -0.2) is 131 Å². The summed E-state index contributed by atoms with van der Waals surface area (Å²) >= 11 is 0. The number of esters is 1. The molecule has 0 bridgehead atoms. The van der Waals surface area contributed by atoms with Crippen LogP contribution < -0.4 is 10.6 Å². The van der Waals surface area contributed by atoms with Crippen molar-refractivity contribution in [3.63, 3.8) is 0 Å². The van der Waals surface area contributed by atoms with E-state index in [1.165, 1.54) is 45.4 Å². The molecule has 4 aromatic rings. The highest BCUT2D eigenvalue weighted by Gasteiger charge is 2.45. The summed E-state index contributed by atoms with van der Waals surface area (Å²) in [5, 5.41) is 6.72. The van der Waals surface area contributed by atoms with Crippen LogP contribution >= 0.6 is 0 Å². The summed E-state index contributed by atoms with van der Waals surface area (Å²) < 4.78 is 58.0. The number of nitrogens with one attached hydrogen (secondary N) is 4. The number of aromatic nitrogens is 2. The molecular weight excluding hydrogens is 859 g/mol. The molecule has 4 heterocycles. The van der Waals surface area contributed by atoms with E-state index in [1.807, 2.05) is 0 Å². The molecule has 0 aliphatic carbocycles. The highest BCUT2D eigenvalue weighted by Crippen LogP contribution is 2.40. The normalized spacial score (nSPS) is 19.7. The summed E-state index contributed by atoms with van der Waals surface area (Å²) in [6, 6.07) is 5.35. The SMILES string of the molecule is CO[C@H](C)C(NC(=O)OC(C)(C)C)C(=O)N1CCC[C@H]1Cc1c(-c2[nH]c3cc(F)ccc3c2C[C@@H]2[C@@H](OC(C)=O)CCN2C(=O)[C@@H](NC(=O)OC(C)(C)C)[C@@H](C)OC)[nH]c2cc(F)ccc12. The zero-order valence-electron chi connectivity index (χ0n) is 39.7. The molecule has 18 heteroatoms. The number of alkyl carbamates (subject to hydrolysis) is 2. The number of hydrogen-bond acceptors (Lipinski definition) is 10. The maximum Gasteiger partial charge on any atom is 0.408 e. The third-order valence-corrected chi connectivity index (χ3v) is 12.1. The van der Waals surface area contributed by atoms with Gasteiger partial charge in [-0.05, 0) is 129 Å². The fraction of sp³-hybridized carbons (Fsp3) is 0.562. The van der Waals surface area contributed by atoms with Gasteiger partial charge in [0.1, 0.15) is 41.0 Å². The minimum Gasteiger partial charge on any atom is -0.460 e. The van der Waals surface area contributed by atoms with Crippen LogP contribution in [0.5, 0.6) is 0 Å². The fourth-order valence-electron chi connectivity index (χ4n) is 9.04. The molecule has 6 rings (SSSR count). The quantitative estimate of drug-likeness (QED) is 0.0752. The Kier molecular flexibility index (Phi) is 15.1. The fourth-order valence-corrected chi connectivity index (χ4v) is 9.04. The van der Waals surface area contributed by atoms with Crippen molar-refractivity contribution >= 4 is 51.8 Å². The molecule has 2 fully saturated rings. The van der Waals surface area contributed by atoms with E-state index in [4.69, 9.17) is 23.7 Å². The monoisotopic (exact) mass is 922 g/mol. The summed E-state index contributed by atoms with van der Waals surface area (Å²) in [6.07, 6.45) is -1.86. The van der Waals surface area contributed by atoms with Gasteiger partial charge in [-0.3, -0.25) is 14.4 Å². The van der Waals surface area contributed by atoms with Crippen LogP contribution in [-0.2, 0) is 50.9 Å². The number of hydrogen-bond donors (Lipinski definition) is 4. The average Bonchev–Trinajstić information content (AvgIpc) is 4.01. The van der Waals surface area contributed by atoms with E-state index in [1.54, 1.807) is 77.3 Å². The minimum absolute atomic E-state index is 0.0926. The van der Waals surface area contributed by atoms with Gasteiger partial charge in [0.05, 0.1) is 29.6 Å². The molecular formula is C48H64F2N6O10. The Morgan fingerprint density at radius 3 is 1.64 bits per heavy atom. The number of fused-ring (bicyclic) bond motifs is 2. The van der Waals surface area contributed by atoms with E-state index < -0.39 is 83.3 Å². The first-order valence-corrected chi connectivity index (χ1v) is 22.4. The predicted molar refractivity (Wildman–Crippen MR) is 243 cm³/mol. The van der Waals surface area contributed by atoms with Crippen LogP contribution in [0.25, 0.3) is 33.2 Å². The maximum absolute atomic E-state index is 15.0. The molecule has 2 aliphatic heterocycles. The second-order valence-corrected chi connectivity index (χ2v) is 19.2. The Bertz CT molecular complexity index is 2440. The third kappa shape index (κ3) is 11.4. The van der Waals surface area contributed by atoms with Gasteiger partial charge in [-0.25, -0.2) is 18.4 Å². The van der Waals surface area contributed by atoms with Gasteiger partial charge in [-0.15, -0.1) is 0 Å². The lowest BCUT2D eigenvalue weighted by Crippen LogP contribution is -2.57. The Morgan fingerprint density at radius 1 is 0.712 bits per heavy atom. The van der Waals surface area contributed by atoms with Crippen molar-refractivity contribution in [1.82, 2.24) is 30.4 Å². The lowest BCUT2D eigenvalue weighted by molar-refractivity contribution is -0.150. The minimum atomic E-state index is -1.18. The van der Waals surface area contributed by atoms with Gasteiger partial charge in [0.2, 0.25) is 11.8 Å². The van der Waals surface area contributed by atoms with Crippen molar-refractivity contribution in [3.05, 3.63) is 59.2 Å². The predicted octanol–water partition coefficient (Wildman–Crippen LogP) is 7.06. The Balaban J connectivity index is 1.43. The summed E-state index contributed by atoms with van der Waals surface area (Å²) in [6.45, 7) is 15.5. The molecule has 0 saturated carbocycles. The van der Waals surface area contributed by atoms with Crippen molar-refractivity contribution in [1.29, 1.82) is 0 Å². The molecule has 16 nitrogen and oxygen atoms in total. The van der Waals surface area contributed by atoms with Gasteiger partial charge in [0.25, 0.3) is 0 Å². The zero-order valence-corrected chi connectivity index (χ0v) is 39.7. The van der Waals surface area contributed by atoms with E-state index in [2.05, 4.69) is 20.6 Å². The van der Waals surface area contributed by atoms with Gasteiger partial charge >= 0.3 is 18.2 Å². The highest BCUT2D eigenvalue weighted by molar-refractivity contribution is 5.96. The largest absolute Gasteiger partial charge is 0.460 e. The lowest BCUT2D eigenvalue weighted by Gasteiger charge is -2.33. The number of amides is 4.